The summed E-state index contributed by atoms with van der Waals surface area (Å²) in [5.41, 5.74) is 7.54. The summed E-state index contributed by atoms with van der Waals surface area (Å²) in [4.78, 5) is 115. The topological polar surface area (TPSA) is 261 Å². The minimum absolute atomic E-state index is 0.0126. The van der Waals surface area contributed by atoms with E-state index in [1.165, 1.54) is 29.2 Å². The normalized spacial score (nSPS) is 20.2. The first-order valence-electron chi connectivity index (χ1n) is 32.8. The molecule has 2 fully saturated rings. The van der Waals surface area contributed by atoms with Gasteiger partial charge in [-0.3, -0.25) is 38.4 Å². The number of nitrogens with one attached hydrogen (secondary N) is 7. The number of hydrogen-bond donors (Lipinski definition) is 7. The number of nitrogens with zero attached hydrogens (tertiary/aromatic N) is 2. The van der Waals surface area contributed by atoms with E-state index in [0.29, 0.717) is 74.7 Å². The van der Waals surface area contributed by atoms with E-state index < -0.39 is 81.1 Å². The highest BCUT2D eigenvalue weighted by atomic mass is 32.3. The summed E-state index contributed by atoms with van der Waals surface area (Å²) in [7, 11) is -3.19. The highest BCUT2D eigenvalue weighted by Crippen LogP contribution is 2.40. The van der Waals surface area contributed by atoms with Gasteiger partial charge in [-0.05, 0) is 158 Å². The third kappa shape index (κ3) is 16.8. The fraction of sp³-hybridized carbons (Fsp3) is 0.397. The molecule has 6 amide bonds. The van der Waals surface area contributed by atoms with Crippen LogP contribution in [0.1, 0.15) is 132 Å². The Hall–Kier alpha value is -8.83. The SMILES string of the molecule is CC[C@@H](C)C(=O)N[C@@H](CNCc1ccc(S(=O)(=O)F)cc1)C(=O)N1CCC[C@H]1C(=O)N[C@@H]1Cc2ccccc2[C@@H]1NC(=O)c1ccc(-c2ccc(C(=O)N[C@H]3c4ccccc4C[C@H]3CC(=O)[C@@H]3CCCN3C(=O)[C@H](CNCc3ccc(F)cc3)CC(=O)[C@H](C)NC)cc2)cc1. The molecule has 10 rings (SSSR count). The second-order valence-electron chi connectivity index (χ2n) is 25.5. The molecule has 500 valence electrons. The van der Waals surface area contributed by atoms with Crippen LogP contribution in [0.2, 0.25) is 0 Å². The van der Waals surface area contributed by atoms with Gasteiger partial charge in [-0.2, -0.15) is 8.42 Å². The zero-order valence-electron chi connectivity index (χ0n) is 53.9. The van der Waals surface area contributed by atoms with Crippen molar-refractivity contribution in [2.45, 2.75) is 139 Å². The monoisotopic (exact) mass is 1320 g/mol. The molecule has 0 bridgehead atoms. The molecule has 10 atom stereocenters. The largest absolute Gasteiger partial charge is 0.349 e. The molecule has 2 aliphatic heterocycles. The van der Waals surface area contributed by atoms with Gasteiger partial charge in [0.1, 0.15) is 23.7 Å². The maximum absolute atomic E-state index is 14.5. The number of rotatable bonds is 28. The highest BCUT2D eigenvalue weighted by molar-refractivity contribution is 7.86. The summed E-state index contributed by atoms with van der Waals surface area (Å²) >= 11 is 0. The number of likely N-dealkylation sites (tertiary alicyclic amines) is 2. The van der Waals surface area contributed by atoms with E-state index in [1.54, 1.807) is 62.2 Å². The van der Waals surface area contributed by atoms with Crippen LogP contribution in [0, 0.1) is 23.6 Å². The molecule has 19 nitrogen and oxygen atoms in total. The average Bonchev–Trinajstić information content (AvgIpc) is 1.68. The van der Waals surface area contributed by atoms with Gasteiger partial charge in [-0.1, -0.05) is 111 Å². The Morgan fingerprint density at radius 1 is 0.611 bits per heavy atom. The van der Waals surface area contributed by atoms with Crippen LogP contribution in [0.15, 0.2) is 150 Å². The Morgan fingerprint density at radius 2 is 1.14 bits per heavy atom. The molecular formula is C73H83F2N9O10S. The summed E-state index contributed by atoms with van der Waals surface area (Å²) in [5, 5.41) is 21.8. The molecule has 4 aliphatic rings. The number of benzene rings is 6. The third-order valence-corrected chi connectivity index (χ3v) is 20.1. The second kappa shape index (κ2) is 31.2. The van der Waals surface area contributed by atoms with Crippen LogP contribution in [0.3, 0.4) is 0 Å². The van der Waals surface area contributed by atoms with E-state index in [4.69, 9.17) is 0 Å². The molecule has 7 N–H and O–H groups in total. The van der Waals surface area contributed by atoms with Crippen molar-refractivity contribution >= 4 is 57.2 Å². The summed E-state index contributed by atoms with van der Waals surface area (Å²) < 4.78 is 49.8. The van der Waals surface area contributed by atoms with Gasteiger partial charge < -0.3 is 47.0 Å². The van der Waals surface area contributed by atoms with Gasteiger partial charge in [0.2, 0.25) is 23.6 Å². The molecule has 95 heavy (non-hydrogen) atoms. The van der Waals surface area contributed by atoms with Crippen molar-refractivity contribution in [3.05, 3.63) is 196 Å². The van der Waals surface area contributed by atoms with Gasteiger partial charge in [0.05, 0.1) is 41.0 Å². The molecule has 0 aromatic heterocycles. The first kappa shape index (κ1) is 69.0. The van der Waals surface area contributed by atoms with Crippen molar-refractivity contribution in [3.63, 3.8) is 0 Å². The van der Waals surface area contributed by atoms with Crippen LogP contribution >= 0.6 is 0 Å². The maximum Gasteiger partial charge on any atom is 0.332 e. The lowest BCUT2D eigenvalue weighted by Gasteiger charge is -2.31. The fourth-order valence-corrected chi connectivity index (χ4v) is 13.9. The predicted molar refractivity (Wildman–Crippen MR) is 355 cm³/mol. The minimum atomic E-state index is -4.88. The van der Waals surface area contributed by atoms with Crippen molar-refractivity contribution in [1.82, 2.24) is 47.0 Å². The molecule has 6 aromatic carbocycles. The van der Waals surface area contributed by atoms with Gasteiger partial charge in [-0.15, -0.1) is 3.89 Å². The van der Waals surface area contributed by atoms with Crippen LogP contribution < -0.4 is 37.2 Å². The zero-order valence-corrected chi connectivity index (χ0v) is 54.7. The van der Waals surface area contributed by atoms with E-state index in [0.717, 1.165) is 51.1 Å². The Kier molecular flexibility index (Phi) is 22.6. The van der Waals surface area contributed by atoms with E-state index in [2.05, 4.69) is 37.2 Å². The molecule has 0 saturated carbocycles. The Labute approximate surface area is 553 Å². The maximum atomic E-state index is 14.5. The first-order chi connectivity index (χ1) is 45.7. The molecule has 2 saturated heterocycles. The number of fused-ring (bicyclic) bond motifs is 2. The standard InChI is InChI=1S/C73H83F2N9O10S/c1-5-44(2)68(87)80-61(43-78-41-47-20-32-57(33-21-47)95(75,93)94)73(92)84-35-11-17-63(84)71(90)79-60-37-53-13-7-9-15-59(53)67(60)82-70(89)51-28-24-49(25-29-51)48-22-26-50(27-23-48)69(88)81-66-54(36-52-12-6-8-14-58(52)66)38-65(86)62-16-10-34-83(62)72(91)55(39-64(85)45(3)76-4)42-77-40-46-18-30-56(74)31-19-46/h6-9,12-15,18-33,44-45,54-55,60-63,66-67,76-78H,5,10-11,16-17,34-43H2,1-4H3,(H,79,90)(H,80,87)(H,81,88)(H,82,89)/t44-,45+,54+,55+,60-,61+,62+,63+,66-,67+/m1/s1. The number of ketones is 2. The number of Topliss-reactive ketones (excluding diaryl/α,β-unsaturated/α-hetero) is 2. The number of hydrogen-bond acceptors (Lipinski definition) is 13. The highest BCUT2D eigenvalue weighted by Gasteiger charge is 2.44. The quantitative estimate of drug-likeness (QED) is 0.0235. The number of carbonyl (C=O) groups excluding carboxylic acids is 8. The van der Waals surface area contributed by atoms with Crippen molar-refractivity contribution < 1.29 is 55.1 Å². The minimum Gasteiger partial charge on any atom is -0.349 e. The molecular weight excluding hydrogens is 1230 g/mol. The molecule has 6 aromatic rings. The van der Waals surface area contributed by atoms with Crippen LogP contribution in [-0.4, -0.2) is 129 Å². The van der Waals surface area contributed by atoms with Gasteiger partial charge >= 0.3 is 10.2 Å². The zero-order chi connectivity index (χ0) is 67.5. The van der Waals surface area contributed by atoms with Crippen molar-refractivity contribution in [3.8, 4) is 11.1 Å². The summed E-state index contributed by atoms with van der Waals surface area (Å²) in [5.74, 6) is -4.12. The number of likely N-dealkylation sites (N-methyl/N-ethyl adjacent to an activating group) is 1. The van der Waals surface area contributed by atoms with Gasteiger partial charge in [0.25, 0.3) is 11.8 Å². The molecule has 2 aliphatic carbocycles. The van der Waals surface area contributed by atoms with E-state index in [-0.39, 0.29) is 86.0 Å². The average molecular weight is 1320 g/mol. The lowest BCUT2D eigenvalue weighted by Crippen LogP contribution is -2.58. The van der Waals surface area contributed by atoms with Crippen LogP contribution in [0.5, 0.6) is 0 Å². The van der Waals surface area contributed by atoms with Crippen LogP contribution in [-0.2, 0) is 64.9 Å². The Morgan fingerprint density at radius 3 is 1.72 bits per heavy atom. The number of halogens is 2. The molecule has 0 spiro atoms. The molecule has 0 radical (unpaired) electrons. The smallest absolute Gasteiger partial charge is 0.332 e. The third-order valence-electron chi connectivity index (χ3n) is 19.2. The van der Waals surface area contributed by atoms with Crippen LogP contribution in [0.25, 0.3) is 11.1 Å². The number of amides is 6. The number of carbonyl (C=O) groups is 8. The molecule has 2 heterocycles. The predicted octanol–water partition coefficient (Wildman–Crippen LogP) is 7.54. The van der Waals surface area contributed by atoms with Crippen molar-refractivity contribution in [1.29, 1.82) is 0 Å². The fourth-order valence-electron chi connectivity index (χ4n) is 13.5. The lowest BCUT2D eigenvalue weighted by molar-refractivity contribution is -0.142. The summed E-state index contributed by atoms with van der Waals surface area (Å²) in [6.45, 7) is 6.72. The van der Waals surface area contributed by atoms with Gasteiger partial charge in [-0.25, -0.2) is 4.39 Å². The van der Waals surface area contributed by atoms with Gasteiger partial charge in [0, 0.05) is 69.2 Å². The summed E-state index contributed by atoms with van der Waals surface area (Å²) in [6, 6.07) is 36.1. The van der Waals surface area contributed by atoms with E-state index in [9.17, 15) is 55.1 Å². The summed E-state index contributed by atoms with van der Waals surface area (Å²) in [6.07, 6.45) is 3.63. The van der Waals surface area contributed by atoms with E-state index >= 15 is 0 Å². The Bertz CT molecular complexity index is 3900. The first-order valence-corrected chi connectivity index (χ1v) is 34.2. The van der Waals surface area contributed by atoms with Crippen molar-refractivity contribution in [2.75, 3.05) is 33.2 Å². The molecule has 22 heteroatoms. The van der Waals surface area contributed by atoms with Crippen molar-refractivity contribution in [2.24, 2.45) is 17.8 Å². The Balaban J connectivity index is 0.755. The molecule has 0 unspecified atom stereocenters. The van der Waals surface area contributed by atoms with Gasteiger partial charge in [0.15, 0.2) is 5.78 Å². The second-order valence-corrected chi connectivity index (χ2v) is 26.9. The van der Waals surface area contributed by atoms with Crippen LogP contribution in [0.4, 0.5) is 8.28 Å². The van der Waals surface area contributed by atoms with E-state index in [1.807, 2.05) is 79.7 Å². The lowest BCUT2D eigenvalue weighted by atomic mass is 9.90.